The highest BCUT2D eigenvalue weighted by molar-refractivity contribution is 7.92. The summed E-state index contributed by atoms with van der Waals surface area (Å²) in [6.45, 7) is 2.57. The molecule has 0 radical (unpaired) electrons. The molecule has 1 atom stereocenters. The van der Waals surface area contributed by atoms with Crippen molar-refractivity contribution in [1.29, 1.82) is 0 Å². The maximum absolute atomic E-state index is 14.1. The maximum Gasteiger partial charge on any atom is 0.417 e. The number of carbonyl (C=O) groups excluding carboxylic acids is 2. The van der Waals surface area contributed by atoms with E-state index in [1.54, 1.807) is 26.0 Å². The van der Waals surface area contributed by atoms with Crippen LogP contribution in [0.5, 0.6) is 0 Å². The summed E-state index contributed by atoms with van der Waals surface area (Å²) in [6.07, 6.45) is 0.233. The van der Waals surface area contributed by atoms with E-state index in [2.05, 4.69) is 5.32 Å². The van der Waals surface area contributed by atoms with E-state index in [-0.39, 0.29) is 29.1 Å². The second-order valence-corrected chi connectivity index (χ2v) is 13.6. The molecule has 4 rings (SSSR count). The van der Waals surface area contributed by atoms with Gasteiger partial charge in [0.2, 0.25) is 11.8 Å². The van der Waals surface area contributed by atoms with Gasteiger partial charge in [-0.2, -0.15) is 13.2 Å². The molecule has 7 nitrogen and oxygen atoms in total. The number of rotatable bonds is 11. The summed E-state index contributed by atoms with van der Waals surface area (Å²) in [5.41, 5.74) is 0.0431. The topological polar surface area (TPSA) is 86.8 Å². The summed E-state index contributed by atoms with van der Waals surface area (Å²) in [6, 6.07) is 16.8. The number of hydrogen-bond acceptors (Lipinski definition) is 4. The van der Waals surface area contributed by atoms with E-state index < -0.39 is 45.3 Å². The lowest BCUT2D eigenvalue weighted by Gasteiger charge is -2.33. The highest BCUT2D eigenvalue weighted by atomic mass is 35.5. The number of aryl methyl sites for hydroxylation is 1. The zero-order chi connectivity index (χ0) is 32.8. The standard InChI is InChI=1S/C33H37ClF3N3O4S/c1-23-13-16-28(17-14-23)45(43,44)40(27-15-18-30(34)29(21-27)33(35,36)37)22-31(41)39(20-19-25-9-5-3-6-10-25)24(2)32(42)38-26-11-7-4-8-12-26/h3,5-6,9-10,13-18,21,24,26H,4,7-8,11-12,19-20,22H2,1-2H3,(H,38,42). The molecular weight excluding hydrogens is 627 g/mol. The van der Waals surface area contributed by atoms with E-state index in [1.807, 2.05) is 30.3 Å². The summed E-state index contributed by atoms with van der Waals surface area (Å²) >= 11 is 5.84. The number of benzene rings is 3. The zero-order valence-corrected chi connectivity index (χ0v) is 26.8. The van der Waals surface area contributed by atoms with Crippen molar-refractivity contribution in [1.82, 2.24) is 10.2 Å². The van der Waals surface area contributed by atoms with Gasteiger partial charge in [-0.1, -0.05) is 78.9 Å². The average Bonchev–Trinajstić information content (AvgIpc) is 3.01. The average molecular weight is 664 g/mol. The van der Waals surface area contributed by atoms with Crippen molar-refractivity contribution in [2.45, 2.75) is 75.5 Å². The Hall–Kier alpha value is -3.57. The van der Waals surface area contributed by atoms with Gasteiger partial charge >= 0.3 is 6.18 Å². The van der Waals surface area contributed by atoms with Gasteiger partial charge in [0.1, 0.15) is 12.6 Å². The van der Waals surface area contributed by atoms with Crippen LogP contribution in [-0.4, -0.2) is 50.3 Å². The highest BCUT2D eigenvalue weighted by Crippen LogP contribution is 2.38. The predicted molar refractivity (Wildman–Crippen MR) is 169 cm³/mol. The summed E-state index contributed by atoms with van der Waals surface area (Å²) in [5, 5.41) is 2.42. The van der Waals surface area contributed by atoms with Gasteiger partial charge in [-0.15, -0.1) is 0 Å². The minimum absolute atomic E-state index is 0.0203. The van der Waals surface area contributed by atoms with Crippen molar-refractivity contribution in [2.75, 3.05) is 17.4 Å². The first-order valence-corrected chi connectivity index (χ1v) is 16.7. The van der Waals surface area contributed by atoms with Crippen LogP contribution in [0.1, 0.15) is 55.7 Å². The fraction of sp³-hybridized carbons (Fsp3) is 0.394. The van der Waals surface area contributed by atoms with Crippen LogP contribution >= 0.6 is 11.6 Å². The Morgan fingerprint density at radius 3 is 2.24 bits per heavy atom. The molecule has 0 heterocycles. The monoisotopic (exact) mass is 663 g/mol. The van der Waals surface area contributed by atoms with Crippen molar-refractivity contribution in [3.8, 4) is 0 Å². The van der Waals surface area contributed by atoms with Gasteiger partial charge in [-0.05, 0) is 69.0 Å². The van der Waals surface area contributed by atoms with Crippen LogP contribution in [0.4, 0.5) is 18.9 Å². The lowest BCUT2D eigenvalue weighted by atomic mass is 9.95. The van der Waals surface area contributed by atoms with Crippen LogP contribution in [-0.2, 0) is 32.2 Å². The molecule has 242 valence electrons. The fourth-order valence-electron chi connectivity index (χ4n) is 5.39. The van der Waals surface area contributed by atoms with Crippen LogP contribution in [0, 0.1) is 6.92 Å². The van der Waals surface area contributed by atoms with Crippen LogP contribution in [0.25, 0.3) is 0 Å². The van der Waals surface area contributed by atoms with Crippen LogP contribution in [0.2, 0.25) is 5.02 Å². The molecule has 0 spiro atoms. The number of amides is 2. The van der Waals surface area contributed by atoms with Gasteiger partial charge in [0.25, 0.3) is 10.0 Å². The van der Waals surface area contributed by atoms with Gasteiger partial charge in [-0.25, -0.2) is 8.42 Å². The highest BCUT2D eigenvalue weighted by Gasteiger charge is 2.37. The number of carbonyl (C=O) groups is 2. The Morgan fingerprint density at radius 1 is 0.978 bits per heavy atom. The lowest BCUT2D eigenvalue weighted by molar-refractivity contribution is -0.139. The third kappa shape index (κ3) is 8.79. The second kappa shape index (κ2) is 14.7. The second-order valence-electron chi connectivity index (χ2n) is 11.3. The van der Waals surface area contributed by atoms with E-state index in [9.17, 15) is 31.2 Å². The van der Waals surface area contributed by atoms with Crippen LogP contribution in [0.15, 0.2) is 77.7 Å². The van der Waals surface area contributed by atoms with Gasteiger partial charge in [0.15, 0.2) is 0 Å². The molecule has 2 amide bonds. The fourth-order valence-corrected chi connectivity index (χ4v) is 7.02. The summed E-state index contributed by atoms with van der Waals surface area (Å²) in [7, 11) is -4.54. The predicted octanol–water partition coefficient (Wildman–Crippen LogP) is 6.77. The van der Waals surface area contributed by atoms with Crippen molar-refractivity contribution >= 4 is 39.1 Å². The smallest absolute Gasteiger partial charge is 0.352 e. The van der Waals surface area contributed by atoms with Gasteiger partial charge < -0.3 is 10.2 Å². The molecule has 45 heavy (non-hydrogen) atoms. The molecule has 1 N–H and O–H groups in total. The molecule has 1 aliphatic carbocycles. The Balaban J connectivity index is 1.71. The van der Waals surface area contributed by atoms with Crippen molar-refractivity contribution in [2.24, 2.45) is 0 Å². The Morgan fingerprint density at radius 2 is 1.62 bits per heavy atom. The Labute approximate surface area is 267 Å². The first-order chi connectivity index (χ1) is 21.3. The van der Waals surface area contributed by atoms with Gasteiger partial charge in [0, 0.05) is 12.6 Å². The molecular formula is C33H37ClF3N3O4S. The summed E-state index contributed by atoms with van der Waals surface area (Å²) in [5.74, 6) is -1.11. The van der Waals surface area contributed by atoms with E-state index in [4.69, 9.17) is 11.6 Å². The van der Waals surface area contributed by atoms with Crippen LogP contribution < -0.4 is 9.62 Å². The normalized spacial score (nSPS) is 14.9. The van der Waals surface area contributed by atoms with Crippen molar-refractivity contribution in [3.05, 3.63) is 94.5 Å². The van der Waals surface area contributed by atoms with E-state index in [1.165, 1.54) is 17.0 Å². The quantitative estimate of drug-likeness (QED) is 0.245. The van der Waals surface area contributed by atoms with E-state index >= 15 is 0 Å². The van der Waals surface area contributed by atoms with E-state index in [0.29, 0.717) is 16.8 Å². The minimum atomic E-state index is -4.87. The molecule has 3 aromatic rings. The van der Waals surface area contributed by atoms with Gasteiger partial charge in [-0.3, -0.25) is 13.9 Å². The van der Waals surface area contributed by atoms with E-state index in [0.717, 1.165) is 55.4 Å². The number of hydrogen-bond donors (Lipinski definition) is 1. The molecule has 3 aromatic carbocycles. The molecule has 0 aliphatic heterocycles. The first-order valence-electron chi connectivity index (χ1n) is 14.9. The minimum Gasteiger partial charge on any atom is -0.352 e. The number of nitrogens with zero attached hydrogens (tertiary/aromatic N) is 2. The van der Waals surface area contributed by atoms with Gasteiger partial charge in [0.05, 0.1) is 21.2 Å². The number of alkyl halides is 3. The third-order valence-corrected chi connectivity index (χ3v) is 10.2. The number of halogens is 4. The molecule has 12 heteroatoms. The zero-order valence-electron chi connectivity index (χ0n) is 25.2. The number of anilines is 1. The molecule has 0 aromatic heterocycles. The summed E-state index contributed by atoms with van der Waals surface area (Å²) in [4.78, 5) is 28.5. The van der Waals surface area contributed by atoms with Crippen molar-refractivity contribution in [3.63, 3.8) is 0 Å². The molecule has 1 unspecified atom stereocenters. The maximum atomic E-state index is 14.1. The Kier molecular flexibility index (Phi) is 11.2. The lowest BCUT2D eigenvalue weighted by Crippen LogP contribution is -2.53. The number of sulfonamides is 1. The SMILES string of the molecule is Cc1ccc(S(=O)(=O)N(CC(=O)N(CCc2ccccc2)C(C)C(=O)NC2CCCCC2)c2ccc(Cl)c(C(F)(F)F)c2)cc1. The first kappa shape index (κ1) is 34.3. The molecule has 1 aliphatic rings. The molecule has 0 bridgehead atoms. The molecule has 0 saturated heterocycles. The Bertz CT molecular complexity index is 1580. The largest absolute Gasteiger partial charge is 0.417 e. The third-order valence-electron chi connectivity index (χ3n) is 8.03. The number of nitrogens with one attached hydrogen (secondary N) is 1. The van der Waals surface area contributed by atoms with Crippen molar-refractivity contribution < 1.29 is 31.2 Å². The molecule has 1 fully saturated rings. The van der Waals surface area contributed by atoms with Crippen LogP contribution in [0.3, 0.4) is 0 Å². The molecule has 1 saturated carbocycles. The summed E-state index contributed by atoms with van der Waals surface area (Å²) < 4.78 is 70.0.